The van der Waals surface area contributed by atoms with Gasteiger partial charge in [0, 0.05) is 19.7 Å². The Kier molecular flexibility index (Phi) is 5.12. The first kappa shape index (κ1) is 18.5. The van der Waals surface area contributed by atoms with Gasteiger partial charge in [0.05, 0.1) is 16.8 Å². The molecule has 0 bridgehead atoms. The van der Waals surface area contributed by atoms with Crippen molar-refractivity contribution < 1.29 is 16.8 Å². The van der Waals surface area contributed by atoms with Crippen LogP contribution in [0, 0.1) is 0 Å². The first-order valence-electron chi connectivity index (χ1n) is 7.35. The van der Waals surface area contributed by atoms with Crippen LogP contribution in [-0.4, -0.2) is 42.1 Å². The lowest BCUT2D eigenvalue weighted by molar-refractivity contribution is 0.597. The molecule has 0 aliphatic heterocycles. The highest BCUT2D eigenvalue weighted by atomic mass is 35.5. The van der Waals surface area contributed by atoms with Crippen LogP contribution < -0.4 is 4.72 Å². The minimum absolute atomic E-state index is 0.0909. The third-order valence-electron chi connectivity index (χ3n) is 3.50. The van der Waals surface area contributed by atoms with Crippen LogP contribution in [0.15, 0.2) is 35.5 Å². The van der Waals surface area contributed by atoms with Gasteiger partial charge in [-0.2, -0.15) is 8.42 Å². The van der Waals surface area contributed by atoms with Gasteiger partial charge in [0.1, 0.15) is 16.5 Å². The molecular weight excluding hydrogens is 402 g/mol. The van der Waals surface area contributed by atoms with E-state index in [4.69, 9.17) is 11.6 Å². The maximum Gasteiger partial charge on any atom is 0.282 e. The molecule has 0 amide bonds. The monoisotopic (exact) mass is 415 g/mol. The van der Waals surface area contributed by atoms with Crippen molar-refractivity contribution in [1.82, 2.24) is 19.5 Å². The highest BCUT2D eigenvalue weighted by molar-refractivity contribution is 7.92. The normalized spacial score (nSPS) is 12.0. The number of aryl methyl sites for hydroxylation is 2. The second-order valence-corrected chi connectivity index (χ2v) is 8.47. The molecule has 1 aromatic carbocycles. The maximum absolute atomic E-state index is 12.6. The van der Waals surface area contributed by atoms with Gasteiger partial charge in [-0.1, -0.05) is 23.7 Å². The zero-order chi connectivity index (χ0) is 18.9. The molecular formula is C14H14ClN5O4S2. The van der Waals surface area contributed by atoms with Gasteiger partial charge in [-0.3, -0.25) is 4.72 Å². The van der Waals surface area contributed by atoms with Crippen molar-refractivity contribution in [2.75, 3.05) is 10.5 Å². The summed E-state index contributed by atoms with van der Waals surface area (Å²) < 4.78 is 50.3. The molecule has 2 aromatic heterocycles. The first-order chi connectivity index (χ1) is 12.3. The van der Waals surface area contributed by atoms with E-state index in [2.05, 4.69) is 19.7 Å². The second-order valence-electron chi connectivity index (χ2n) is 5.37. The molecule has 0 aliphatic rings. The van der Waals surface area contributed by atoms with Crippen molar-refractivity contribution >= 4 is 49.2 Å². The molecule has 26 heavy (non-hydrogen) atoms. The molecule has 0 atom stereocenters. The summed E-state index contributed by atoms with van der Waals surface area (Å²) >= 11 is 6.02. The fraction of sp³-hybridized carbons (Fsp3) is 0.214. The number of aromatic nitrogens is 4. The van der Waals surface area contributed by atoms with E-state index in [1.165, 1.54) is 10.8 Å². The Labute approximate surface area is 156 Å². The van der Waals surface area contributed by atoms with Crippen molar-refractivity contribution in [3.8, 4) is 0 Å². The van der Waals surface area contributed by atoms with E-state index in [1.807, 2.05) is 0 Å². The molecule has 0 aliphatic carbocycles. The largest absolute Gasteiger partial charge is 0.337 e. The number of nitrogens with one attached hydrogen (secondary N) is 1. The SMILES string of the molecule is Cn1cc(S(=O)(=O)Nc2nc3ccccc3nc2Cl)nc1CC[SH](=O)=O. The zero-order valence-electron chi connectivity index (χ0n) is 13.5. The van der Waals surface area contributed by atoms with Gasteiger partial charge in [0.2, 0.25) is 0 Å². The molecule has 0 radical (unpaired) electrons. The van der Waals surface area contributed by atoms with Gasteiger partial charge in [0.15, 0.2) is 16.0 Å². The number of halogens is 1. The summed E-state index contributed by atoms with van der Waals surface area (Å²) in [5, 5.41) is -0.353. The molecule has 0 unspecified atom stereocenters. The first-order valence-corrected chi connectivity index (χ1v) is 10.6. The van der Waals surface area contributed by atoms with Gasteiger partial charge in [0.25, 0.3) is 10.0 Å². The summed E-state index contributed by atoms with van der Waals surface area (Å²) in [5.74, 6) is 0.107. The van der Waals surface area contributed by atoms with Gasteiger partial charge in [-0.05, 0) is 12.1 Å². The highest BCUT2D eigenvalue weighted by Gasteiger charge is 2.22. The summed E-state index contributed by atoms with van der Waals surface area (Å²) in [4.78, 5) is 12.3. The predicted molar refractivity (Wildman–Crippen MR) is 97.5 cm³/mol. The summed E-state index contributed by atoms with van der Waals surface area (Å²) in [5.41, 5.74) is 1.02. The topological polar surface area (TPSA) is 124 Å². The van der Waals surface area contributed by atoms with E-state index in [0.717, 1.165) is 0 Å². The predicted octanol–water partition coefficient (Wildman–Crippen LogP) is 0.971. The lowest BCUT2D eigenvalue weighted by Crippen LogP contribution is -2.15. The van der Waals surface area contributed by atoms with Crippen LogP contribution in [-0.2, 0) is 34.2 Å². The Hall–Kier alpha value is -2.24. The molecule has 12 heteroatoms. The molecule has 0 fully saturated rings. The smallest absolute Gasteiger partial charge is 0.282 e. The summed E-state index contributed by atoms with van der Waals surface area (Å²) in [6.45, 7) is 0. The average molecular weight is 416 g/mol. The van der Waals surface area contributed by atoms with Crippen molar-refractivity contribution in [3.05, 3.63) is 41.4 Å². The Morgan fingerprint density at radius 2 is 1.81 bits per heavy atom. The molecule has 1 N–H and O–H groups in total. The van der Waals surface area contributed by atoms with Crippen molar-refractivity contribution in [3.63, 3.8) is 0 Å². The van der Waals surface area contributed by atoms with Crippen molar-refractivity contribution in [2.24, 2.45) is 7.05 Å². The van der Waals surface area contributed by atoms with Crippen molar-refractivity contribution in [2.45, 2.75) is 11.4 Å². The lowest BCUT2D eigenvalue weighted by atomic mass is 10.3. The van der Waals surface area contributed by atoms with Crippen molar-refractivity contribution in [1.29, 1.82) is 0 Å². The Morgan fingerprint density at radius 3 is 2.46 bits per heavy atom. The third-order valence-corrected chi connectivity index (χ3v) is 5.56. The number of anilines is 1. The molecule has 3 rings (SSSR count). The van der Waals surface area contributed by atoms with Crippen LogP contribution in [0.5, 0.6) is 0 Å². The van der Waals surface area contributed by atoms with Crippen LogP contribution >= 0.6 is 11.6 Å². The Morgan fingerprint density at radius 1 is 1.15 bits per heavy atom. The molecule has 0 saturated heterocycles. The van der Waals surface area contributed by atoms with E-state index < -0.39 is 20.7 Å². The molecule has 0 spiro atoms. The number of fused-ring (bicyclic) bond motifs is 1. The van der Waals surface area contributed by atoms with Gasteiger partial charge >= 0.3 is 0 Å². The van der Waals surface area contributed by atoms with Gasteiger partial charge < -0.3 is 4.57 Å². The van der Waals surface area contributed by atoms with Gasteiger partial charge in [-0.25, -0.2) is 23.4 Å². The third kappa shape index (κ3) is 3.94. The molecule has 9 nitrogen and oxygen atoms in total. The maximum atomic E-state index is 12.6. The highest BCUT2D eigenvalue weighted by Crippen LogP contribution is 2.23. The quantitative estimate of drug-likeness (QED) is 0.575. The number of benzene rings is 1. The molecule has 0 saturated carbocycles. The number of thiol groups is 1. The van der Waals surface area contributed by atoms with E-state index >= 15 is 0 Å². The van der Waals surface area contributed by atoms with Crippen LogP contribution in [0.25, 0.3) is 11.0 Å². The van der Waals surface area contributed by atoms with Gasteiger partial charge in [-0.15, -0.1) is 0 Å². The zero-order valence-corrected chi connectivity index (χ0v) is 15.9. The number of para-hydroxylation sites is 2. The average Bonchev–Trinajstić information content (AvgIpc) is 2.95. The van der Waals surface area contributed by atoms with E-state index in [1.54, 1.807) is 31.3 Å². The summed E-state index contributed by atoms with van der Waals surface area (Å²) in [6, 6.07) is 6.90. The van der Waals surface area contributed by atoms with E-state index in [-0.39, 0.29) is 28.2 Å². The summed E-state index contributed by atoms with van der Waals surface area (Å²) in [6.07, 6.45) is 1.40. The number of hydrogen-bond acceptors (Lipinski definition) is 7. The fourth-order valence-corrected chi connectivity index (χ4v) is 3.89. The van der Waals surface area contributed by atoms with Crippen LogP contribution in [0.2, 0.25) is 5.15 Å². The van der Waals surface area contributed by atoms with Crippen LogP contribution in [0.4, 0.5) is 5.82 Å². The Bertz CT molecular complexity index is 1150. The molecule has 3 aromatic rings. The van der Waals surface area contributed by atoms with E-state index in [0.29, 0.717) is 16.9 Å². The minimum Gasteiger partial charge on any atom is -0.337 e. The number of sulfonamides is 1. The standard InChI is InChI=1S/C14H14ClN5O4S2/c1-20-8-12(18-11(20)6-7-25(21)22)26(23,24)19-14-13(15)16-9-4-2-3-5-10(9)17-14/h2-5,8,25H,6-7H2,1H3,(H,17,19). The lowest BCUT2D eigenvalue weighted by Gasteiger charge is -2.07. The number of imidazole rings is 1. The fourth-order valence-electron chi connectivity index (χ4n) is 2.25. The number of rotatable bonds is 6. The van der Waals surface area contributed by atoms with Crippen LogP contribution in [0.1, 0.15) is 5.82 Å². The number of nitrogens with zero attached hydrogens (tertiary/aromatic N) is 4. The van der Waals surface area contributed by atoms with E-state index in [9.17, 15) is 16.8 Å². The molecule has 2 heterocycles. The second kappa shape index (κ2) is 7.17. The summed E-state index contributed by atoms with van der Waals surface area (Å²) in [7, 11) is -5.05. The minimum atomic E-state index is -4.06. The Balaban J connectivity index is 1.92. The number of hydrogen-bond donors (Lipinski definition) is 2. The molecule has 138 valence electrons. The van der Waals surface area contributed by atoms with Crippen LogP contribution in [0.3, 0.4) is 0 Å².